The van der Waals surface area contributed by atoms with E-state index in [4.69, 9.17) is 13.7 Å². The molecule has 1 aliphatic heterocycles. The Labute approximate surface area is 132 Å². The third kappa shape index (κ3) is 5.03. The molecule has 0 spiro atoms. The molecule has 120 valence electrons. The lowest BCUT2D eigenvalue weighted by Crippen LogP contribution is -2.29. The van der Waals surface area contributed by atoms with Crippen molar-refractivity contribution in [2.24, 2.45) is 0 Å². The second-order valence-corrected chi connectivity index (χ2v) is 7.33. The van der Waals surface area contributed by atoms with Crippen LogP contribution in [0.25, 0.3) is 0 Å². The number of hydrogen-bond donors (Lipinski definition) is 0. The maximum Gasteiger partial charge on any atom is 0.264 e. The predicted octanol–water partition coefficient (Wildman–Crippen LogP) is 1.49. The zero-order chi connectivity index (χ0) is 15.5. The highest BCUT2D eigenvalue weighted by Crippen LogP contribution is 2.31. The Kier molecular flexibility index (Phi) is 5.78. The normalized spacial score (nSPS) is 23.4. The van der Waals surface area contributed by atoms with Crippen LogP contribution in [-0.2, 0) is 30.3 Å². The molecule has 2 rings (SSSR count). The van der Waals surface area contributed by atoms with Gasteiger partial charge in [0.05, 0.1) is 31.2 Å². The molecular weight excluding hydrogens is 364 g/mol. The van der Waals surface area contributed by atoms with Gasteiger partial charge in [0, 0.05) is 20.1 Å². The van der Waals surface area contributed by atoms with Gasteiger partial charge in [-0.25, -0.2) is 0 Å². The molecule has 9 heteroatoms. The maximum absolute atomic E-state index is 11.3. The van der Waals surface area contributed by atoms with E-state index in [-0.39, 0.29) is 12.2 Å². The van der Waals surface area contributed by atoms with Crippen molar-refractivity contribution >= 4 is 26.0 Å². The summed E-state index contributed by atoms with van der Waals surface area (Å²) >= 11 is 3.35. The molecule has 0 amide bonds. The Hall–Kier alpha value is -0.480. The number of methoxy groups -OCH3 is 1. The minimum atomic E-state index is -3.46. The van der Waals surface area contributed by atoms with E-state index in [1.165, 1.54) is 0 Å². The molecule has 0 aromatic carbocycles. The number of rotatable bonds is 6. The second kappa shape index (κ2) is 7.19. The van der Waals surface area contributed by atoms with Crippen LogP contribution < -0.4 is 0 Å². The molecule has 1 fully saturated rings. The molecule has 0 radical (unpaired) electrons. The summed E-state index contributed by atoms with van der Waals surface area (Å²) in [4.78, 5) is 0. The molecule has 7 nitrogen and oxygen atoms in total. The average molecular weight is 383 g/mol. The topological polar surface area (TPSA) is 79.7 Å². The van der Waals surface area contributed by atoms with Crippen molar-refractivity contribution in [1.82, 2.24) is 9.78 Å². The van der Waals surface area contributed by atoms with Gasteiger partial charge in [-0.3, -0.25) is 8.86 Å². The van der Waals surface area contributed by atoms with Crippen LogP contribution in [0.5, 0.6) is 0 Å². The van der Waals surface area contributed by atoms with Crippen molar-refractivity contribution in [1.29, 1.82) is 0 Å². The van der Waals surface area contributed by atoms with E-state index < -0.39 is 10.1 Å². The summed E-state index contributed by atoms with van der Waals surface area (Å²) in [6, 6.07) is 1.88. The van der Waals surface area contributed by atoms with E-state index in [0.717, 1.165) is 11.9 Å². The van der Waals surface area contributed by atoms with Gasteiger partial charge < -0.3 is 9.47 Å². The molecule has 1 aliphatic rings. The van der Waals surface area contributed by atoms with E-state index in [0.29, 0.717) is 37.2 Å². The fraction of sp³-hybridized carbons (Fsp3) is 0.750. The van der Waals surface area contributed by atoms with E-state index >= 15 is 0 Å². The van der Waals surface area contributed by atoms with Crippen molar-refractivity contribution < 1.29 is 22.1 Å². The van der Waals surface area contributed by atoms with Gasteiger partial charge in [0.1, 0.15) is 10.7 Å². The highest BCUT2D eigenvalue weighted by molar-refractivity contribution is 9.10. The maximum atomic E-state index is 11.3. The lowest BCUT2D eigenvalue weighted by atomic mass is 10.0. The summed E-state index contributed by atoms with van der Waals surface area (Å²) in [6.45, 7) is 1.60. The minimum absolute atomic E-state index is 0.235. The van der Waals surface area contributed by atoms with Crippen molar-refractivity contribution in [2.45, 2.75) is 31.6 Å². The molecule has 2 atom stereocenters. The summed E-state index contributed by atoms with van der Waals surface area (Å²) in [6.07, 6.45) is 1.52. The average Bonchev–Trinajstić information content (AvgIpc) is 2.76. The number of ether oxygens (including phenoxy) is 2. The van der Waals surface area contributed by atoms with Crippen molar-refractivity contribution in [3.8, 4) is 0 Å². The zero-order valence-electron chi connectivity index (χ0n) is 12.0. The van der Waals surface area contributed by atoms with Crippen LogP contribution in [0.2, 0.25) is 0 Å². The largest absolute Gasteiger partial charge is 0.383 e. The molecule has 0 saturated carbocycles. The van der Waals surface area contributed by atoms with Crippen molar-refractivity contribution in [3.63, 3.8) is 0 Å². The van der Waals surface area contributed by atoms with E-state index in [2.05, 4.69) is 21.0 Å². The standard InChI is InChI=1S/C12H19BrN2O5S/c1-18-6-4-15-10(8-12(13)14-15)11-7-9(3-5-19-11)20-21(2,16)17/h8-9,11H,3-7H2,1-2H3. The fourth-order valence-corrected chi connectivity index (χ4v) is 3.42. The van der Waals surface area contributed by atoms with Gasteiger partial charge >= 0.3 is 0 Å². The molecule has 0 N–H and O–H groups in total. The lowest BCUT2D eigenvalue weighted by molar-refractivity contribution is -0.0385. The summed E-state index contributed by atoms with van der Waals surface area (Å²) in [5.74, 6) is 0. The Morgan fingerprint density at radius 3 is 3.00 bits per heavy atom. The summed E-state index contributed by atoms with van der Waals surface area (Å²) in [7, 11) is -1.83. The molecular formula is C12H19BrN2O5S. The molecule has 2 heterocycles. The second-order valence-electron chi connectivity index (χ2n) is 4.91. The minimum Gasteiger partial charge on any atom is -0.383 e. The van der Waals surface area contributed by atoms with Crippen LogP contribution >= 0.6 is 15.9 Å². The highest BCUT2D eigenvalue weighted by Gasteiger charge is 2.29. The van der Waals surface area contributed by atoms with E-state index in [9.17, 15) is 8.42 Å². The predicted molar refractivity (Wildman–Crippen MR) is 79.4 cm³/mol. The summed E-state index contributed by atoms with van der Waals surface area (Å²) in [5.41, 5.74) is 0.890. The first-order valence-corrected chi connectivity index (χ1v) is 9.22. The third-order valence-electron chi connectivity index (χ3n) is 3.17. The Morgan fingerprint density at radius 1 is 1.57 bits per heavy atom. The SMILES string of the molecule is COCCn1nc(Br)cc1C1CC(OS(C)(=O)=O)CCO1. The first kappa shape index (κ1) is 16.9. The molecule has 1 saturated heterocycles. The van der Waals surface area contributed by atoms with Gasteiger partial charge in [0.25, 0.3) is 10.1 Å². The zero-order valence-corrected chi connectivity index (χ0v) is 14.4. The molecule has 0 aliphatic carbocycles. The summed E-state index contributed by atoms with van der Waals surface area (Å²) < 4.78 is 40.9. The molecule has 21 heavy (non-hydrogen) atoms. The molecule has 0 bridgehead atoms. The van der Waals surface area contributed by atoms with Crippen LogP contribution in [0.4, 0.5) is 0 Å². The highest BCUT2D eigenvalue weighted by atomic mass is 79.9. The number of halogens is 1. The molecule has 1 aromatic heterocycles. The monoisotopic (exact) mass is 382 g/mol. The molecule has 2 unspecified atom stereocenters. The number of hydrogen-bond acceptors (Lipinski definition) is 6. The first-order valence-electron chi connectivity index (χ1n) is 6.61. The van der Waals surface area contributed by atoms with Crippen molar-refractivity contribution in [2.75, 3.05) is 26.6 Å². The molecule has 1 aromatic rings. The Bertz CT molecular complexity index is 574. The number of aromatic nitrogens is 2. The van der Waals surface area contributed by atoms with Gasteiger partial charge in [0.15, 0.2) is 0 Å². The van der Waals surface area contributed by atoms with E-state index in [1.807, 2.05) is 6.07 Å². The van der Waals surface area contributed by atoms with Gasteiger partial charge in [-0.15, -0.1) is 0 Å². The van der Waals surface area contributed by atoms with Gasteiger partial charge in [-0.1, -0.05) is 0 Å². The third-order valence-corrected chi connectivity index (χ3v) is 4.17. The van der Waals surface area contributed by atoms with Crippen LogP contribution in [0.15, 0.2) is 10.7 Å². The smallest absolute Gasteiger partial charge is 0.264 e. The quantitative estimate of drug-likeness (QED) is 0.693. The van der Waals surface area contributed by atoms with Crippen LogP contribution in [0, 0.1) is 0 Å². The number of nitrogens with zero attached hydrogens (tertiary/aromatic N) is 2. The fourth-order valence-electron chi connectivity index (χ4n) is 2.32. The van der Waals surface area contributed by atoms with E-state index in [1.54, 1.807) is 11.8 Å². The Balaban J connectivity index is 2.10. The Morgan fingerprint density at radius 2 is 2.33 bits per heavy atom. The van der Waals surface area contributed by atoms with Gasteiger partial charge in [-0.05, 0) is 28.4 Å². The van der Waals surface area contributed by atoms with Gasteiger partial charge in [0.2, 0.25) is 0 Å². The van der Waals surface area contributed by atoms with Crippen molar-refractivity contribution in [3.05, 3.63) is 16.4 Å². The lowest BCUT2D eigenvalue weighted by Gasteiger charge is -2.29. The summed E-state index contributed by atoms with van der Waals surface area (Å²) in [5, 5.41) is 4.34. The van der Waals surface area contributed by atoms with Crippen LogP contribution in [0.3, 0.4) is 0 Å². The first-order chi connectivity index (χ1) is 9.89. The van der Waals surface area contributed by atoms with Gasteiger partial charge in [-0.2, -0.15) is 13.5 Å². The van der Waals surface area contributed by atoms with Crippen LogP contribution in [-0.4, -0.2) is 50.9 Å². The van der Waals surface area contributed by atoms with Crippen LogP contribution in [0.1, 0.15) is 24.6 Å².